The number of carbonyl (C=O) groups is 1. The Morgan fingerprint density at radius 2 is 1.60 bits per heavy atom. The third-order valence-electron chi connectivity index (χ3n) is 6.18. The van der Waals surface area contributed by atoms with Crippen LogP contribution in [-0.4, -0.2) is 39.4 Å². The van der Waals surface area contributed by atoms with Gasteiger partial charge in [-0.3, -0.25) is 0 Å². The SMILES string of the molecule is COC(=O)C1=C(OS(=O)(=O)C(F)(F)F)c2cc(OCc3ccccc3)ccc2OC1C1=COC(Cc2ccccc2)O1. The molecule has 2 aliphatic heterocycles. The first kappa shape index (κ1) is 28.9. The molecule has 9 nitrogen and oxygen atoms in total. The summed E-state index contributed by atoms with van der Waals surface area (Å²) >= 11 is 0. The third kappa shape index (κ3) is 6.15. The summed E-state index contributed by atoms with van der Waals surface area (Å²) in [6, 6.07) is 22.2. The summed E-state index contributed by atoms with van der Waals surface area (Å²) in [6.07, 6.45) is -1.00. The highest BCUT2D eigenvalue weighted by Crippen LogP contribution is 2.44. The van der Waals surface area contributed by atoms with Crippen molar-refractivity contribution in [2.24, 2.45) is 0 Å². The summed E-state index contributed by atoms with van der Waals surface area (Å²) in [6.45, 7) is 0.0919. The predicted octanol–water partition coefficient (Wildman–Crippen LogP) is 5.23. The number of esters is 1. The van der Waals surface area contributed by atoms with Gasteiger partial charge in [0.1, 0.15) is 29.9 Å². The number of ether oxygens (including phenoxy) is 5. The molecule has 0 spiro atoms. The molecule has 220 valence electrons. The molecule has 2 unspecified atom stereocenters. The minimum atomic E-state index is -6.23. The van der Waals surface area contributed by atoms with Gasteiger partial charge < -0.3 is 27.9 Å². The summed E-state index contributed by atoms with van der Waals surface area (Å²) < 4.78 is 97.2. The number of rotatable bonds is 9. The molecule has 2 atom stereocenters. The smallest absolute Gasteiger partial charge is 0.489 e. The Kier molecular flexibility index (Phi) is 8.03. The minimum Gasteiger partial charge on any atom is -0.489 e. The van der Waals surface area contributed by atoms with Crippen LogP contribution >= 0.6 is 0 Å². The quantitative estimate of drug-likeness (QED) is 0.184. The van der Waals surface area contributed by atoms with Crippen LogP contribution in [0.1, 0.15) is 16.7 Å². The highest BCUT2D eigenvalue weighted by molar-refractivity contribution is 7.87. The molecule has 0 N–H and O–H groups in total. The molecule has 42 heavy (non-hydrogen) atoms. The van der Waals surface area contributed by atoms with Gasteiger partial charge in [0.25, 0.3) is 0 Å². The summed E-state index contributed by atoms with van der Waals surface area (Å²) in [5.74, 6) is -2.26. The maximum Gasteiger partial charge on any atom is 0.534 e. The molecule has 0 saturated carbocycles. The van der Waals surface area contributed by atoms with Gasteiger partial charge in [-0.05, 0) is 29.3 Å². The van der Waals surface area contributed by atoms with Crippen LogP contribution in [0.4, 0.5) is 13.2 Å². The Balaban J connectivity index is 1.53. The number of benzene rings is 3. The second-order valence-corrected chi connectivity index (χ2v) is 10.6. The van der Waals surface area contributed by atoms with Crippen molar-refractivity contribution in [2.75, 3.05) is 7.11 Å². The second kappa shape index (κ2) is 11.7. The second-order valence-electron chi connectivity index (χ2n) is 9.04. The van der Waals surface area contributed by atoms with Gasteiger partial charge in [0, 0.05) is 6.42 Å². The van der Waals surface area contributed by atoms with Crippen LogP contribution in [0.15, 0.2) is 96.5 Å². The van der Waals surface area contributed by atoms with Crippen LogP contribution in [0.5, 0.6) is 11.5 Å². The zero-order valence-corrected chi connectivity index (χ0v) is 22.7. The van der Waals surface area contributed by atoms with E-state index in [2.05, 4.69) is 4.18 Å². The van der Waals surface area contributed by atoms with E-state index in [1.165, 1.54) is 18.2 Å². The van der Waals surface area contributed by atoms with Crippen molar-refractivity contribution < 1.29 is 54.3 Å². The Bertz CT molecular complexity index is 1620. The molecule has 13 heteroatoms. The molecule has 2 heterocycles. The molecule has 0 aliphatic carbocycles. The van der Waals surface area contributed by atoms with E-state index in [0.717, 1.165) is 24.5 Å². The van der Waals surface area contributed by atoms with Gasteiger partial charge in [-0.25, -0.2) is 4.79 Å². The normalized spacial score (nSPS) is 18.1. The van der Waals surface area contributed by atoms with E-state index < -0.39 is 45.3 Å². The molecule has 0 aromatic heterocycles. The molecular formula is C29H23F3O9S. The van der Waals surface area contributed by atoms with Crippen molar-refractivity contribution in [3.8, 4) is 11.5 Å². The number of hydrogen-bond acceptors (Lipinski definition) is 9. The number of alkyl halides is 3. The fourth-order valence-electron chi connectivity index (χ4n) is 4.20. The van der Waals surface area contributed by atoms with Gasteiger partial charge in [-0.15, -0.1) is 0 Å². The topological polar surface area (TPSA) is 107 Å². The highest BCUT2D eigenvalue weighted by atomic mass is 32.2. The van der Waals surface area contributed by atoms with E-state index >= 15 is 0 Å². The van der Waals surface area contributed by atoms with Gasteiger partial charge in [-0.1, -0.05) is 60.7 Å². The molecule has 5 rings (SSSR count). The number of carbonyl (C=O) groups excluding carboxylic acids is 1. The fourth-order valence-corrected chi connectivity index (χ4v) is 4.69. The van der Waals surface area contributed by atoms with Crippen LogP contribution in [0.25, 0.3) is 5.76 Å². The lowest BCUT2D eigenvalue weighted by Gasteiger charge is -2.29. The zero-order valence-electron chi connectivity index (χ0n) is 21.9. The Morgan fingerprint density at radius 3 is 2.24 bits per heavy atom. The molecule has 2 aliphatic rings. The van der Waals surface area contributed by atoms with Crippen molar-refractivity contribution in [3.05, 3.63) is 113 Å². The van der Waals surface area contributed by atoms with E-state index in [0.29, 0.717) is 0 Å². The number of methoxy groups -OCH3 is 1. The first-order valence-corrected chi connectivity index (χ1v) is 13.8. The maximum atomic E-state index is 13.5. The molecule has 3 aromatic carbocycles. The lowest BCUT2D eigenvalue weighted by atomic mass is 9.98. The van der Waals surface area contributed by atoms with Gasteiger partial charge in [0.2, 0.25) is 6.29 Å². The summed E-state index contributed by atoms with van der Waals surface area (Å²) in [7, 11) is -5.27. The first-order valence-electron chi connectivity index (χ1n) is 12.4. The summed E-state index contributed by atoms with van der Waals surface area (Å²) in [5.41, 5.74) is -5.12. The van der Waals surface area contributed by atoms with E-state index in [-0.39, 0.29) is 35.8 Å². The fraction of sp³-hybridized carbons (Fsp3) is 0.207. The average molecular weight is 605 g/mol. The van der Waals surface area contributed by atoms with Crippen molar-refractivity contribution >= 4 is 21.8 Å². The van der Waals surface area contributed by atoms with E-state index in [1.54, 1.807) is 24.3 Å². The molecule has 0 bridgehead atoms. The van der Waals surface area contributed by atoms with Gasteiger partial charge >= 0.3 is 21.6 Å². The molecule has 0 saturated heterocycles. The molecule has 0 fully saturated rings. The van der Waals surface area contributed by atoms with Crippen LogP contribution < -0.4 is 9.47 Å². The van der Waals surface area contributed by atoms with Crippen molar-refractivity contribution in [3.63, 3.8) is 0 Å². The lowest BCUT2D eigenvalue weighted by molar-refractivity contribution is -0.137. The highest BCUT2D eigenvalue weighted by Gasteiger charge is 2.51. The Labute approximate surface area is 238 Å². The van der Waals surface area contributed by atoms with Crippen LogP contribution in [0.2, 0.25) is 0 Å². The van der Waals surface area contributed by atoms with E-state index in [1.807, 2.05) is 36.4 Å². The third-order valence-corrected chi connectivity index (χ3v) is 7.14. The van der Waals surface area contributed by atoms with Gasteiger partial charge in [-0.2, -0.15) is 21.6 Å². The largest absolute Gasteiger partial charge is 0.534 e. The van der Waals surface area contributed by atoms with E-state index in [9.17, 15) is 26.4 Å². The maximum absolute atomic E-state index is 13.5. The van der Waals surface area contributed by atoms with Crippen molar-refractivity contribution in [2.45, 2.75) is 30.9 Å². The molecule has 3 aromatic rings. The first-order chi connectivity index (χ1) is 20.1. The van der Waals surface area contributed by atoms with Crippen molar-refractivity contribution in [1.29, 1.82) is 0 Å². The van der Waals surface area contributed by atoms with Gasteiger partial charge in [0.05, 0.1) is 12.7 Å². The number of hydrogen-bond donors (Lipinski definition) is 0. The van der Waals surface area contributed by atoms with E-state index in [4.69, 9.17) is 23.7 Å². The minimum absolute atomic E-state index is 0.0919. The average Bonchev–Trinajstić information content (AvgIpc) is 3.44. The summed E-state index contributed by atoms with van der Waals surface area (Å²) in [5, 5.41) is 0. The van der Waals surface area contributed by atoms with Gasteiger partial charge in [0.15, 0.2) is 17.6 Å². The number of halogens is 3. The lowest BCUT2D eigenvalue weighted by Crippen LogP contribution is -2.35. The standard InChI is InChI=1S/C29H23F3O9S/c1-36-28(33)25-26(41-42(34,35)29(30,31)32)21-15-20(37-16-19-10-6-3-7-11-19)12-13-22(21)40-27(25)23-17-38-24(39-23)14-18-8-4-2-5-9-18/h2-13,15,17,24,27H,14,16H2,1H3. The zero-order chi connectivity index (χ0) is 29.9. The molecule has 0 radical (unpaired) electrons. The van der Waals surface area contributed by atoms with Crippen LogP contribution in [0.3, 0.4) is 0 Å². The van der Waals surface area contributed by atoms with Crippen LogP contribution in [0, 0.1) is 0 Å². The number of fused-ring (bicyclic) bond motifs is 1. The molecule has 0 amide bonds. The summed E-state index contributed by atoms with van der Waals surface area (Å²) in [4.78, 5) is 13.0. The van der Waals surface area contributed by atoms with Crippen molar-refractivity contribution in [1.82, 2.24) is 0 Å². The van der Waals surface area contributed by atoms with Crippen LogP contribution in [-0.2, 0) is 46.3 Å². The monoisotopic (exact) mass is 604 g/mol. The Hall–Kier alpha value is -4.65. The Morgan fingerprint density at radius 1 is 0.929 bits per heavy atom. The molecular weight excluding hydrogens is 581 g/mol. The predicted molar refractivity (Wildman–Crippen MR) is 141 cm³/mol.